The molecule has 0 saturated carbocycles. The molecule has 4 aromatic rings. The number of pyridine rings is 3. The number of rotatable bonds is 8. The number of fused-ring (bicyclic) bond motifs is 1. The normalized spacial score (nSPS) is 17.3. The van der Waals surface area contributed by atoms with Crippen LogP contribution in [0, 0.1) is 12.7 Å². The van der Waals surface area contributed by atoms with Gasteiger partial charge in [-0.3, -0.25) is 9.78 Å². The summed E-state index contributed by atoms with van der Waals surface area (Å²) >= 11 is 1.52. The van der Waals surface area contributed by atoms with Crippen LogP contribution in [0.2, 0.25) is 0 Å². The van der Waals surface area contributed by atoms with Crippen LogP contribution in [0.15, 0.2) is 59.6 Å². The number of hydrogen-bond donors (Lipinski definition) is 2. The van der Waals surface area contributed by atoms with Crippen LogP contribution in [-0.4, -0.2) is 63.6 Å². The number of aryl methyl sites for hydroxylation is 1. The minimum Gasteiger partial charge on any atom is -0.396 e. The van der Waals surface area contributed by atoms with Crippen LogP contribution < -0.4 is 10.2 Å². The fourth-order valence-corrected chi connectivity index (χ4v) is 5.58. The van der Waals surface area contributed by atoms with E-state index >= 15 is 0 Å². The molecule has 2 atom stereocenters. The summed E-state index contributed by atoms with van der Waals surface area (Å²) < 4.78 is 20.5. The highest BCUT2D eigenvalue weighted by Crippen LogP contribution is 2.26. The highest BCUT2D eigenvalue weighted by Gasteiger charge is 2.24. The molecule has 0 bridgehead atoms. The molecule has 4 heterocycles. The zero-order valence-electron chi connectivity index (χ0n) is 22.7. The Balaban J connectivity index is 1.34. The highest BCUT2D eigenvalue weighted by atomic mass is 32.2. The topological polar surface area (TPSA) is 100 Å². The molecule has 1 fully saturated rings. The fourth-order valence-electron chi connectivity index (χ4n) is 4.76. The highest BCUT2D eigenvalue weighted by molar-refractivity contribution is 7.99. The van der Waals surface area contributed by atoms with Gasteiger partial charge in [0.25, 0.3) is 5.91 Å². The molecule has 0 aliphatic carbocycles. The first kappa shape index (κ1) is 27.9. The van der Waals surface area contributed by atoms with Gasteiger partial charge >= 0.3 is 0 Å². The van der Waals surface area contributed by atoms with Crippen molar-refractivity contribution in [1.82, 2.24) is 20.3 Å². The van der Waals surface area contributed by atoms with Crippen LogP contribution in [-0.2, 0) is 11.3 Å². The Morgan fingerprint density at radius 1 is 1.10 bits per heavy atom. The quantitative estimate of drug-likeness (QED) is 0.297. The number of nitrogens with zero attached hydrogens (tertiary/aromatic N) is 4. The van der Waals surface area contributed by atoms with Crippen LogP contribution >= 0.6 is 11.8 Å². The number of aromatic nitrogens is 3. The van der Waals surface area contributed by atoms with Crippen molar-refractivity contribution in [2.45, 2.75) is 44.4 Å². The summed E-state index contributed by atoms with van der Waals surface area (Å²) in [5, 5.41) is 12.9. The van der Waals surface area contributed by atoms with Crippen molar-refractivity contribution in [3.8, 4) is 11.4 Å². The van der Waals surface area contributed by atoms with Crippen molar-refractivity contribution in [3.05, 3.63) is 77.4 Å². The smallest absolute Gasteiger partial charge is 0.251 e. The van der Waals surface area contributed by atoms with Crippen LogP contribution in [0.25, 0.3) is 22.3 Å². The Kier molecular flexibility index (Phi) is 8.58. The van der Waals surface area contributed by atoms with Crippen molar-refractivity contribution < 1.29 is 19.0 Å². The Bertz CT molecular complexity index is 1520. The number of anilines is 1. The van der Waals surface area contributed by atoms with Gasteiger partial charge in [0.05, 0.1) is 48.0 Å². The lowest BCUT2D eigenvalue weighted by Gasteiger charge is -2.36. The van der Waals surface area contributed by atoms with Gasteiger partial charge in [-0.1, -0.05) is 6.07 Å². The Morgan fingerprint density at radius 3 is 2.67 bits per heavy atom. The second kappa shape index (κ2) is 12.3. The second-order valence-electron chi connectivity index (χ2n) is 9.99. The third-order valence-electron chi connectivity index (χ3n) is 6.64. The first-order chi connectivity index (χ1) is 19.3. The molecule has 3 aromatic heterocycles. The molecular formula is C30H32FN5O3S. The van der Waals surface area contributed by atoms with Gasteiger partial charge in [0.15, 0.2) is 0 Å². The van der Waals surface area contributed by atoms with E-state index in [0.717, 1.165) is 15.8 Å². The molecule has 1 amide bonds. The lowest BCUT2D eigenvalue weighted by molar-refractivity contribution is -0.00547. The number of hydrogen-bond acceptors (Lipinski definition) is 8. The maximum Gasteiger partial charge on any atom is 0.251 e. The molecule has 5 rings (SSSR count). The van der Waals surface area contributed by atoms with Gasteiger partial charge in [-0.05, 0) is 56.7 Å². The van der Waals surface area contributed by atoms with Crippen molar-refractivity contribution in [2.24, 2.45) is 0 Å². The van der Waals surface area contributed by atoms with E-state index in [1.165, 1.54) is 23.9 Å². The maximum atomic E-state index is 14.7. The van der Waals surface area contributed by atoms with E-state index in [2.05, 4.69) is 10.3 Å². The van der Waals surface area contributed by atoms with Gasteiger partial charge in [0.1, 0.15) is 11.6 Å². The van der Waals surface area contributed by atoms with E-state index in [4.69, 9.17) is 19.8 Å². The number of thioether (sulfide) groups is 1. The molecule has 8 nitrogen and oxygen atoms in total. The summed E-state index contributed by atoms with van der Waals surface area (Å²) in [5.74, 6) is 0.546. The number of amides is 1. The minimum atomic E-state index is -0.374. The van der Waals surface area contributed by atoms with E-state index < -0.39 is 0 Å². The molecule has 1 aliphatic rings. The zero-order valence-corrected chi connectivity index (χ0v) is 23.5. The van der Waals surface area contributed by atoms with Crippen LogP contribution in [0.3, 0.4) is 0 Å². The lowest BCUT2D eigenvalue weighted by Crippen LogP contribution is -2.45. The summed E-state index contributed by atoms with van der Waals surface area (Å²) in [6, 6.07) is 13.9. The standard InChI is InChI=1S/C30H32FN5O3S/c1-18-4-5-21(10-28(18)40-9-8-37)30(38)33-15-24-13-26-22(14-32-24)6-7-25(34-26)27-11-23(31)12-29(35-27)36-16-19(2)39-20(3)17-36/h4-7,10-14,19-20,37H,8-9,15-17H2,1-3H3,(H,33,38)/t19-,20+. The largest absolute Gasteiger partial charge is 0.396 e. The van der Waals surface area contributed by atoms with E-state index in [1.807, 2.05) is 56.0 Å². The van der Waals surface area contributed by atoms with Crippen molar-refractivity contribution >= 4 is 34.4 Å². The van der Waals surface area contributed by atoms with Gasteiger partial charge < -0.3 is 20.1 Å². The fraction of sp³-hybridized carbons (Fsp3) is 0.333. The first-order valence-corrected chi connectivity index (χ1v) is 14.2. The molecule has 0 unspecified atom stereocenters. The average Bonchev–Trinajstić information content (AvgIpc) is 2.94. The van der Waals surface area contributed by atoms with Gasteiger partial charge in [-0.2, -0.15) is 0 Å². The number of halogens is 1. The number of morpholine rings is 1. The van der Waals surface area contributed by atoms with Crippen LogP contribution in [0.4, 0.5) is 10.2 Å². The molecule has 10 heteroatoms. The number of aliphatic hydroxyl groups is 1. The van der Waals surface area contributed by atoms with E-state index in [1.54, 1.807) is 12.3 Å². The predicted molar refractivity (Wildman–Crippen MR) is 155 cm³/mol. The molecule has 1 saturated heterocycles. The van der Waals surface area contributed by atoms with E-state index in [9.17, 15) is 9.18 Å². The molecule has 40 heavy (non-hydrogen) atoms. The third kappa shape index (κ3) is 6.57. The van der Waals surface area contributed by atoms with E-state index in [0.29, 0.717) is 52.8 Å². The summed E-state index contributed by atoms with van der Waals surface area (Å²) in [7, 11) is 0. The van der Waals surface area contributed by atoms with Crippen molar-refractivity contribution in [1.29, 1.82) is 0 Å². The lowest BCUT2D eigenvalue weighted by atomic mass is 10.1. The Morgan fingerprint density at radius 2 is 1.90 bits per heavy atom. The molecule has 1 aromatic carbocycles. The summed E-state index contributed by atoms with van der Waals surface area (Å²) in [6.07, 6.45) is 1.77. The summed E-state index contributed by atoms with van der Waals surface area (Å²) in [5.41, 5.74) is 3.93. The zero-order chi connectivity index (χ0) is 28.2. The number of ether oxygens (including phenoxy) is 1. The number of carbonyl (C=O) groups excluding carboxylic acids is 1. The number of benzene rings is 1. The Hall–Kier alpha value is -3.60. The summed E-state index contributed by atoms with van der Waals surface area (Å²) in [6.45, 7) is 7.55. The van der Waals surface area contributed by atoms with Crippen LogP contribution in [0.1, 0.15) is 35.5 Å². The average molecular weight is 562 g/mol. The van der Waals surface area contributed by atoms with Gasteiger partial charge in [-0.15, -0.1) is 11.8 Å². The molecule has 0 radical (unpaired) electrons. The second-order valence-corrected chi connectivity index (χ2v) is 11.1. The number of aliphatic hydroxyl groups excluding tert-OH is 1. The molecular weight excluding hydrogens is 529 g/mol. The van der Waals surface area contributed by atoms with Crippen LogP contribution in [0.5, 0.6) is 0 Å². The molecule has 2 N–H and O–H groups in total. The maximum absolute atomic E-state index is 14.7. The molecule has 208 valence electrons. The minimum absolute atomic E-state index is 0.0284. The van der Waals surface area contributed by atoms with Gasteiger partial charge in [-0.25, -0.2) is 14.4 Å². The molecule has 1 aliphatic heterocycles. The monoisotopic (exact) mass is 561 g/mol. The summed E-state index contributed by atoms with van der Waals surface area (Å²) in [4.78, 5) is 29.8. The van der Waals surface area contributed by atoms with Gasteiger partial charge in [0.2, 0.25) is 0 Å². The van der Waals surface area contributed by atoms with Crippen molar-refractivity contribution in [3.63, 3.8) is 0 Å². The third-order valence-corrected chi connectivity index (χ3v) is 7.78. The Labute approximate surface area is 237 Å². The number of nitrogens with one attached hydrogen (secondary N) is 1. The number of carbonyl (C=O) groups is 1. The van der Waals surface area contributed by atoms with E-state index in [-0.39, 0.29) is 37.1 Å². The van der Waals surface area contributed by atoms with Crippen molar-refractivity contribution in [2.75, 3.05) is 30.3 Å². The first-order valence-electron chi connectivity index (χ1n) is 13.3. The predicted octanol–water partition coefficient (Wildman–Crippen LogP) is 4.77. The molecule has 0 spiro atoms. The van der Waals surface area contributed by atoms with Gasteiger partial charge in [0, 0.05) is 53.0 Å². The SMILES string of the molecule is Cc1ccc(C(=O)NCc2cc3nc(-c4cc(F)cc(N5C[C@@H](C)O[C@@H](C)C5)n4)ccc3cn2)cc1SCCO.